The molecule has 0 radical (unpaired) electrons. The van der Waals surface area contributed by atoms with Crippen molar-refractivity contribution in [3.63, 3.8) is 0 Å². The van der Waals surface area contributed by atoms with Crippen molar-refractivity contribution in [3.05, 3.63) is 0 Å². The summed E-state index contributed by atoms with van der Waals surface area (Å²) < 4.78 is 12.1. The molecule has 0 heterocycles. The second-order valence-corrected chi connectivity index (χ2v) is 2.63. The summed E-state index contributed by atoms with van der Waals surface area (Å²) in [4.78, 5) is 0. The Morgan fingerprint density at radius 2 is 1.89 bits per heavy atom. The van der Waals surface area contributed by atoms with Gasteiger partial charge < -0.3 is 0 Å². The van der Waals surface area contributed by atoms with Crippen LogP contribution < -0.4 is 0 Å². The van der Waals surface area contributed by atoms with Crippen LogP contribution in [0.3, 0.4) is 0 Å². The molecule has 1 unspecified atom stereocenters. The standard InChI is InChI=1S/C8H17F/c1-3-4-5-6-7-8(2)9/h8H,3-7H2,1-2H3. The van der Waals surface area contributed by atoms with Crippen LogP contribution in [0.5, 0.6) is 0 Å². The molecule has 0 saturated carbocycles. The smallest absolute Gasteiger partial charge is 0.0973 e. The summed E-state index contributed by atoms with van der Waals surface area (Å²) in [5.41, 5.74) is 0. The summed E-state index contributed by atoms with van der Waals surface area (Å²) in [6.07, 6.45) is 4.91. The third-order valence-electron chi connectivity index (χ3n) is 1.46. The maximum Gasteiger partial charge on any atom is 0.0973 e. The monoisotopic (exact) mass is 132 g/mol. The Balaban J connectivity index is 2.75. The average Bonchev–Trinajstić information content (AvgIpc) is 1.80. The molecule has 0 spiro atoms. The van der Waals surface area contributed by atoms with E-state index >= 15 is 0 Å². The van der Waals surface area contributed by atoms with Gasteiger partial charge in [0.1, 0.15) is 0 Å². The second-order valence-electron chi connectivity index (χ2n) is 2.63. The Hall–Kier alpha value is -0.0700. The first-order chi connectivity index (χ1) is 4.27. The minimum absolute atomic E-state index is 0.596. The van der Waals surface area contributed by atoms with Crippen LogP contribution in [-0.4, -0.2) is 6.17 Å². The highest BCUT2D eigenvalue weighted by atomic mass is 19.1. The Labute approximate surface area is 57.5 Å². The van der Waals surface area contributed by atoms with Crippen LogP contribution in [0.2, 0.25) is 0 Å². The largest absolute Gasteiger partial charge is 0.248 e. The first kappa shape index (κ1) is 8.93. The van der Waals surface area contributed by atoms with Crippen molar-refractivity contribution >= 4 is 0 Å². The van der Waals surface area contributed by atoms with Crippen LogP contribution in [0.25, 0.3) is 0 Å². The first-order valence-corrected chi connectivity index (χ1v) is 3.91. The van der Waals surface area contributed by atoms with Crippen LogP contribution in [-0.2, 0) is 0 Å². The molecule has 0 aromatic heterocycles. The molecule has 0 aromatic carbocycles. The predicted molar refractivity (Wildman–Crippen MR) is 39.3 cm³/mol. The van der Waals surface area contributed by atoms with Gasteiger partial charge in [0.15, 0.2) is 0 Å². The second kappa shape index (κ2) is 6.06. The van der Waals surface area contributed by atoms with E-state index in [1.807, 2.05) is 0 Å². The van der Waals surface area contributed by atoms with Gasteiger partial charge in [0.2, 0.25) is 0 Å². The van der Waals surface area contributed by atoms with E-state index in [2.05, 4.69) is 6.92 Å². The van der Waals surface area contributed by atoms with Gasteiger partial charge in [-0.25, -0.2) is 4.39 Å². The van der Waals surface area contributed by atoms with Gasteiger partial charge in [0, 0.05) is 0 Å². The lowest BCUT2D eigenvalue weighted by atomic mass is 10.1. The van der Waals surface area contributed by atoms with Gasteiger partial charge in [-0.1, -0.05) is 32.6 Å². The van der Waals surface area contributed by atoms with Crippen molar-refractivity contribution < 1.29 is 4.39 Å². The lowest BCUT2D eigenvalue weighted by Crippen LogP contribution is -1.90. The Bertz CT molecular complexity index is 50.5. The molecule has 0 amide bonds. The molecule has 56 valence electrons. The highest BCUT2D eigenvalue weighted by molar-refractivity contribution is 4.47. The van der Waals surface area contributed by atoms with Gasteiger partial charge in [-0.15, -0.1) is 0 Å². The van der Waals surface area contributed by atoms with Gasteiger partial charge in [-0.3, -0.25) is 0 Å². The number of hydrogen-bond donors (Lipinski definition) is 0. The predicted octanol–water partition coefficient (Wildman–Crippen LogP) is 3.31. The fourth-order valence-electron chi connectivity index (χ4n) is 0.852. The van der Waals surface area contributed by atoms with Gasteiger partial charge >= 0.3 is 0 Å². The average molecular weight is 132 g/mol. The summed E-state index contributed by atoms with van der Waals surface area (Å²) in [7, 11) is 0. The topological polar surface area (TPSA) is 0 Å². The maximum atomic E-state index is 12.1. The highest BCUT2D eigenvalue weighted by Crippen LogP contribution is 2.06. The van der Waals surface area contributed by atoms with Gasteiger partial charge in [0.25, 0.3) is 0 Å². The zero-order valence-electron chi connectivity index (χ0n) is 6.49. The van der Waals surface area contributed by atoms with E-state index in [1.165, 1.54) is 19.3 Å². The van der Waals surface area contributed by atoms with Crippen molar-refractivity contribution in [2.45, 2.75) is 52.1 Å². The van der Waals surface area contributed by atoms with E-state index in [0.29, 0.717) is 0 Å². The van der Waals surface area contributed by atoms with Crippen molar-refractivity contribution in [1.82, 2.24) is 0 Å². The molecule has 1 heteroatoms. The zero-order valence-corrected chi connectivity index (χ0v) is 6.49. The Morgan fingerprint density at radius 3 is 2.33 bits per heavy atom. The molecule has 0 aliphatic carbocycles. The number of hydrogen-bond acceptors (Lipinski definition) is 0. The van der Waals surface area contributed by atoms with Crippen LogP contribution in [0, 0.1) is 0 Å². The van der Waals surface area contributed by atoms with Crippen LogP contribution in [0.15, 0.2) is 0 Å². The van der Waals surface area contributed by atoms with Crippen molar-refractivity contribution in [2.24, 2.45) is 0 Å². The fourth-order valence-corrected chi connectivity index (χ4v) is 0.852. The first-order valence-electron chi connectivity index (χ1n) is 3.91. The minimum atomic E-state index is -0.596. The van der Waals surface area contributed by atoms with E-state index in [0.717, 1.165) is 12.8 Å². The van der Waals surface area contributed by atoms with Crippen molar-refractivity contribution in [3.8, 4) is 0 Å². The third kappa shape index (κ3) is 7.93. The molecule has 1 atom stereocenters. The lowest BCUT2D eigenvalue weighted by Gasteiger charge is -1.99. The normalized spacial score (nSPS) is 13.7. The molecule has 0 bridgehead atoms. The van der Waals surface area contributed by atoms with E-state index < -0.39 is 6.17 Å². The molecule has 0 saturated heterocycles. The van der Waals surface area contributed by atoms with Crippen molar-refractivity contribution in [1.29, 1.82) is 0 Å². The molecule has 0 fully saturated rings. The SMILES string of the molecule is CCCCCCC(C)F. The highest BCUT2D eigenvalue weighted by Gasteiger charge is 1.95. The molecule has 0 nitrogen and oxygen atoms in total. The molecule has 0 aromatic rings. The van der Waals surface area contributed by atoms with Crippen LogP contribution >= 0.6 is 0 Å². The number of alkyl halides is 1. The van der Waals surface area contributed by atoms with Crippen molar-refractivity contribution in [2.75, 3.05) is 0 Å². The van der Waals surface area contributed by atoms with Gasteiger partial charge in [-0.05, 0) is 13.3 Å². The summed E-state index contributed by atoms with van der Waals surface area (Å²) in [5, 5.41) is 0. The third-order valence-corrected chi connectivity index (χ3v) is 1.46. The molecular formula is C8H17F. The summed E-state index contributed by atoms with van der Waals surface area (Å²) >= 11 is 0. The van der Waals surface area contributed by atoms with Gasteiger partial charge in [-0.2, -0.15) is 0 Å². The zero-order chi connectivity index (χ0) is 7.11. The molecule has 0 aliphatic rings. The molecular weight excluding hydrogens is 115 g/mol. The molecule has 9 heavy (non-hydrogen) atoms. The number of halogens is 1. The summed E-state index contributed by atoms with van der Waals surface area (Å²) in [5.74, 6) is 0. The van der Waals surface area contributed by atoms with E-state index in [9.17, 15) is 4.39 Å². The maximum absolute atomic E-state index is 12.1. The number of unbranched alkanes of at least 4 members (excludes halogenated alkanes) is 3. The van der Waals surface area contributed by atoms with E-state index in [-0.39, 0.29) is 0 Å². The molecule has 0 aliphatic heterocycles. The molecule has 0 N–H and O–H groups in total. The summed E-state index contributed by atoms with van der Waals surface area (Å²) in [6, 6.07) is 0. The molecule has 0 rings (SSSR count). The Morgan fingerprint density at radius 1 is 1.22 bits per heavy atom. The summed E-state index contributed by atoms with van der Waals surface area (Å²) in [6.45, 7) is 3.80. The van der Waals surface area contributed by atoms with Crippen LogP contribution in [0.1, 0.15) is 46.0 Å². The van der Waals surface area contributed by atoms with Crippen LogP contribution in [0.4, 0.5) is 4.39 Å². The van der Waals surface area contributed by atoms with Gasteiger partial charge in [0.05, 0.1) is 6.17 Å². The Kier molecular flexibility index (Phi) is 6.01. The fraction of sp³-hybridized carbons (Fsp3) is 1.00. The van der Waals surface area contributed by atoms with E-state index in [1.54, 1.807) is 6.92 Å². The quantitative estimate of drug-likeness (QED) is 0.503. The minimum Gasteiger partial charge on any atom is -0.248 e. The van der Waals surface area contributed by atoms with E-state index in [4.69, 9.17) is 0 Å². The lowest BCUT2D eigenvalue weighted by molar-refractivity contribution is 0.330. The number of rotatable bonds is 5.